The highest BCUT2D eigenvalue weighted by molar-refractivity contribution is 9.10. The molecule has 0 aliphatic heterocycles. The molecule has 3 rings (SSSR count). The van der Waals surface area contributed by atoms with E-state index in [1.165, 1.54) is 0 Å². The van der Waals surface area contributed by atoms with E-state index in [4.69, 9.17) is 0 Å². The van der Waals surface area contributed by atoms with Crippen LogP contribution in [0.5, 0.6) is 0 Å². The fraction of sp³-hybridized carbons (Fsp3) is 0.125. The minimum atomic E-state index is -1.000. The summed E-state index contributed by atoms with van der Waals surface area (Å²) in [7, 11) is 0. The van der Waals surface area contributed by atoms with Gasteiger partial charge >= 0.3 is 5.97 Å². The molecule has 0 aliphatic carbocycles. The van der Waals surface area contributed by atoms with E-state index in [2.05, 4.69) is 21.2 Å². The molecule has 0 saturated carbocycles. The molecule has 0 spiro atoms. The van der Waals surface area contributed by atoms with Crippen LogP contribution in [0.1, 0.15) is 32.9 Å². The highest BCUT2D eigenvalue weighted by Gasteiger charge is 2.16. The number of carbonyl (C=O) groups excluding carboxylic acids is 1. The first-order valence-electron chi connectivity index (χ1n) is 9.43. The summed E-state index contributed by atoms with van der Waals surface area (Å²) < 4.78 is 2.81. The lowest BCUT2D eigenvalue weighted by Gasteiger charge is -2.13. The Hall–Kier alpha value is -3.63. The number of nitriles is 1. The Morgan fingerprint density at radius 2 is 1.77 bits per heavy atom. The van der Waals surface area contributed by atoms with Gasteiger partial charge in [0.2, 0.25) is 0 Å². The molecule has 0 unspecified atom stereocenters. The molecule has 2 N–H and O–H groups in total. The number of benzene rings is 2. The summed E-state index contributed by atoms with van der Waals surface area (Å²) in [5, 5.41) is 21.6. The average Bonchev–Trinajstić information content (AvgIpc) is 3.01. The van der Waals surface area contributed by atoms with Crippen LogP contribution in [0.3, 0.4) is 0 Å². The van der Waals surface area contributed by atoms with Gasteiger partial charge in [0.25, 0.3) is 5.91 Å². The van der Waals surface area contributed by atoms with Crippen molar-refractivity contribution in [1.29, 1.82) is 5.26 Å². The van der Waals surface area contributed by atoms with Crippen LogP contribution < -0.4 is 5.32 Å². The highest BCUT2D eigenvalue weighted by Crippen LogP contribution is 2.26. The van der Waals surface area contributed by atoms with E-state index in [1.807, 2.05) is 37.5 Å². The van der Waals surface area contributed by atoms with Gasteiger partial charge in [-0.25, -0.2) is 4.79 Å². The Labute approximate surface area is 188 Å². The molecule has 3 aromatic rings. The minimum Gasteiger partial charge on any atom is -0.478 e. The number of hydrogen-bond donors (Lipinski definition) is 2. The van der Waals surface area contributed by atoms with Crippen molar-refractivity contribution in [2.75, 3.05) is 5.32 Å². The first kappa shape index (κ1) is 22.1. The van der Waals surface area contributed by atoms with Gasteiger partial charge in [0.05, 0.1) is 5.56 Å². The van der Waals surface area contributed by atoms with Gasteiger partial charge in [-0.05, 0) is 80.4 Å². The van der Waals surface area contributed by atoms with Gasteiger partial charge in [-0.15, -0.1) is 0 Å². The van der Waals surface area contributed by atoms with Gasteiger partial charge in [0.15, 0.2) is 0 Å². The summed E-state index contributed by atoms with van der Waals surface area (Å²) in [5.41, 5.74) is 4.77. The zero-order chi connectivity index (χ0) is 22.7. The lowest BCUT2D eigenvalue weighted by Crippen LogP contribution is -2.13. The number of rotatable bonds is 5. The Kier molecular flexibility index (Phi) is 6.42. The average molecular weight is 478 g/mol. The number of aromatic carboxylic acids is 1. The molecule has 0 bridgehead atoms. The maximum atomic E-state index is 12.6. The number of aryl methyl sites for hydroxylation is 2. The molecule has 2 aromatic carbocycles. The van der Waals surface area contributed by atoms with Crippen LogP contribution in [0.15, 0.2) is 58.6 Å². The standard InChI is InChI=1S/C24H20BrN3O3/c1-14-4-5-17(24(30)31)12-22(14)28-15(2)10-18(16(28)3)11-19(13-26)23(29)27-21-8-6-20(25)7-9-21/h4-12H,1-3H3,(H,27,29)(H,30,31)/b19-11-. The molecule has 31 heavy (non-hydrogen) atoms. The number of hydrogen-bond acceptors (Lipinski definition) is 3. The molecule has 7 heteroatoms. The van der Waals surface area contributed by atoms with Crippen molar-refractivity contribution in [2.45, 2.75) is 20.8 Å². The third kappa shape index (κ3) is 4.76. The van der Waals surface area contributed by atoms with Crippen LogP contribution in [0.4, 0.5) is 5.69 Å². The number of halogens is 1. The third-order valence-electron chi connectivity index (χ3n) is 4.93. The fourth-order valence-corrected chi connectivity index (χ4v) is 3.59. The van der Waals surface area contributed by atoms with Crippen LogP contribution in [-0.4, -0.2) is 21.6 Å². The topological polar surface area (TPSA) is 95.1 Å². The number of amides is 1. The number of aromatic nitrogens is 1. The van der Waals surface area contributed by atoms with Crippen LogP contribution in [-0.2, 0) is 4.79 Å². The number of nitrogens with one attached hydrogen (secondary N) is 1. The van der Waals surface area contributed by atoms with Crippen LogP contribution >= 0.6 is 15.9 Å². The van der Waals surface area contributed by atoms with Crippen molar-refractivity contribution in [3.05, 3.63) is 86.7 Å². The third-order valence-corrected chi connectivity index (χ3v) is 5.46. The second-order valence-corrected chi connectivity index (χ2v) is 8.01. The van der Waals surface area contributed by atoms with E-state index in [1.54, 1.807) is 48.5 Å². The SMILES string of the molecule is Cc1ccc(C(=O)O)cc1-n1c(C)cc(/C=C(/C#N)C(=O)Nc2ccc(Br)cc2)c1C. The number of nitrogens with zero attached hydrogens (tertiary/aromatic N) is 2. The van der Waals surface area contributed by atoms with Crippen LogP contribution in [0, 0.1) is 32.1 Å². The van der Waals surface area contributed by atoms with Gasteiger partial charge in [0.1, 0.15) is 11.6 Å². The first-order chi connectivity index (χ1) is 14.7. The Morgan fingerprint density at radius 1 is 1.10 bits per heavy atom. The molecular formula is C24H20BrN3O3. The van der Waals surface area contributed by atoms with Gasteiger partial charge in [-0.1, -0.05) is 22.0 Å². The van der Waals surface area contributed by atoms with E-state index in [-0.39, 0.29) is 11.1 Å². The molecule has 0 fully saturated rings. The van der Waals surface area contributed by atoms with Crippen molar-refractivity contribution < 1.29 is 14.7 Å². The fourth-order valence-electron chi connectivity index (χ4n) is 3.32. The van der Waals surface area contributed by atoms with Gasteiger partial charge < -0.3 is 15.0 Å². The van der Waals surface area contributed by atoms with Crippen LogP contribution in [0.2, 0.25) is 0 Å². The quantitative estimate of drug-likeness (QED) is 0.379. The molecule has 0 radical (unpaired) electrons. The number of carboxylic acids is 1. The molecule has 0 aliphatic rings. The molecular weight excluding hydrogens is 458 g/mol. The summed E-state index contributed by atoms with van der Waals surface area (Å²) in [6.07, 6.45) is 1.55. The van der Waals surface area contributed by atoms with Crippen molar-refractivity contribution in [1.82, 2.24) is 4.57 Å². The lowest BCUT2D eigenvalue weighted by atomic mass is 10.1. The Bertz CT molecular complexity index is 1250. The maximum Gasteiger partial charge on any atom is 0.335 e. The smallest absolute Gasteiger partial charge is 0.335 e. The summed E-state index contributed by atoms with van der Waals surface area (Å²) in [5.74, 6) is -1.50. The maximum absolute atomic E-state index is 12.6. The van der Waals surface area contributed by atoms with Gasteiger partial charge in [-0.3, -0.25) is 4.79 Å². The van der Waals surface area contributed by atoms with Gasteiger partial charge in [-0.2, -0.15) is 5.26 Å². The minimum absolute atomic E-state index is 0.0285. The number of anilines is 1. The molecule has 1 heterocycles. The zero-order valence-corrected chi connectivity index (χ0v) is 18.8. The lowest BCUT2D eigenvalue weighted by molar-refractivity contribution is -0.112. The molecule has 0 atom stereocenters. The monoisotopic (exact) mass is 477 g/mol. The summed E-state index contributed by atoms with van der Waals surface area (Å²) in [6.45, 7) is 5.67. The molecule has 0 saturated heterocycles. The second kappa shape index (κ2) is 9.02. The van der Waals surface area contributed by atoms with E-state index < -0.39 is 11.9 Å². The van der Waals surface area contributed by atoms with Crippen molar-refractivity contribution >= 4 is 39.6 Å². The van der Waals surface area contributed by atoms with Crippen molar-refractivity contribution in [2.24, 2.45) is 0 Å². The predicted molar refractivity (Wildman–Crippen MR) is 123 cm³/mol. The molecule has 6 nitrogen and oxygen atoms in total. The van der Waals surface area contributed by atoms with Crippen LogP contribution in [0.25, 0.3) is 11.8 Å². The van der Waals surface area contributed by atoms with Gasteiger partial charge in [0, 0.05) is 27.2 Å². The summed E-state index contributed by atoms with van der Waals surface area (Å²) >= 11 is 3.34. The normalized spacial score (nSPS) is 11.1. The second-order valence-electron chi connectivity index (χ2n) is 7.10. The van der Waals surface area contributed by atoms with E-state index in [9.17, 15) is 20.0 Å². The molecule has 156 valence electrons. The van der Waals surface area contributed by atoms with Crippen molar-refractivity contribution in [3.8, 4) is 11.8 Å². The zero-order valence-electron chi connectivity index (χ0n) is 17.2. The molecule has 1 amide bonds. The Morgan fingerprint density at radius 3 is 2.39 bits per heavy atom. The number of carboxylic acid groups (broad SMARTS) is 1. The molecule has 1 aromatic heterocycles. The highest BCUT2D eigenvalue weighted by atomic mass is 79.9. The van der Waals surface area contributed by atoms with E-state index >= 15 is 0 Å². The Balaban J connectivity index is 1.99. The summed E-state index contributed by atoms with van der Waals surface area (Å²) in [6, 6.07) is 15.9. The summed E-state index contributed by atoms with van der Waals surface area (Å²) in [4.78, 5) is 24.0. The van der Waals surface area contributed by atoms with Crippen molar-refractivity contribution in [3.63, 3.8) is 0 Å². The first-order valence-corrected chi connectivity index (χ1v) is 10.2. The number of carbonyl (C=O) groups is 2. The van der Waals surface area contributed by atoms with E-state index in [0.29, 0.717) is 11.3 Å². The van der Waals surface area contributed by atoms with E-state index in [0.717, 1.165) is 27.1 Å². The largest absolute Gasteiger partial charge is 0.478 e. The predicted octanol–water partition coefficient (Wildman–Crippen LogP) is 5.41.